The molecule has 0 saturated heterocycles. The molecule has 14 nitrogen and oxygen atoms in total. The van der Waals surface area contributed by atoms with Crippen LogP contribution in [0.1, 0.15) is 1.43 Å². The van der Waals surface area contributed by atoms with Crippen LogP contribution in [-0.2, 0) is 16.8 Å². The molecule has 0 spiro atoms. The minimum absolute atomic E-state index is 0. The normalized spacial score (nSPS) is 10.9. The molecule has 0 aromatic heterocycles. The number of hydrogen-bond acceptors (Lipinski definition) is 10. The first kappa shape index (κ1) is 33.4. The number of nitro benzene ring substituents is 2. The van der Waals surface area contributed by atoms with E-state index in [2.05, 4.69) is 20.5 Å². The Hall–Kier alpha value is -6.45. The molecule has 0 amide bonds. The first-order chi connectivity index (χ1) is 22.1. The molecule has 6 rings (SSSR count). The Morgan fingerprint density at radius 1 is 0.532 bits per heavy atom. The summed E-state index contributed by atoms with van der Waals surface area (Å²) in [6.45, 7) is 0. The number of nitrogens with one attached hydrogen (secondary N) is 2. The molecule has 0 bridgehead atoms. The van der Waals surface area contributed by atoms with Crippen LogP contribution in [0.5, 0.6) is 11.5 Å². The number of nitro groups is 2. The zero-order valence-electron chi connectivity index (χ0n) is 24.9. The van der Waals surface area contributed by atoms with Gasteiger partial charge in [0.2, 0.25) is 0 Å². The molecule has 0 aliphatic rings. The minimum atomic E-state index is -0.644. The van der Waals surface area contributed by atoms with Gasteiger partial charge in [-0.2, -0.15) is 20.5 Å². The Kier molecular flexibility index (Phi) is 10.4. The molecule has 0 aliphatic carbocycles. The van der Waals surface area contributed by atoms with E-state index in [9.17, 15) is 30.4 Å². The second-order valence-corrected chi connectivity index (χ2v) is 9.58. The number of fused-ring (bicyclic) bond motifs is 2. The van der Waals surface area contributed by atoms with E-state index in [1.54, 1.807) is 12.1 Å². The van der Waals surface area contributed by atoms with Gasteiger partial charge in [-0.05, 0) is 22.9 Å². The van der Waals surface area contributed by atoms with E-state index < -0.39 is 21.3 Å². The molecular formula is C32H21CoN8O6. The fourth-order valence-electron chi connectivity index (χ4n) is 4.33. The summed E-state index contributed by atoms with van der Waals surface area (Å²) >= 11 is 0. The van der Waals surface area contributed by atoms with Gasteiger partial charge in [-0.15, -0.1) is 11.4 Å². The fourth-order valence-corrected chi connectivity index (χ4v) is 4.33. The molecule has 0 radical (unpaired) electrons. The van der Waals surface area contributed by atoms with Gasteiger partial charge in [-0.3, -0.25) is 20.2 Å². The maximum absolute atomic E-state index is 11.8. The van der Waals surface area contributed by atoms with Gasteiger partial charge >= 0.3 is 18.2 Å². The number of benzene rings is 6. The van der Waals surface area contributed by atoms with E-state index in [0.717, 1.165) is 33.7 Å². The molecule has 234 valence electrons. The second kappa shape index (κ2) is 14.6. The number of hydrogen-bond donors (Lipinski definition) is 0. The van der Waals surface area contributed by atoms with Gasteiger partial charge in [-0.1, -0.05) is 84.3 Å². The molecule has 0 heterocycles. The van der Waals surface area contributed by atoms with Crippen LogP contribution in [0, 0.1) is 20.2 Å². The van der Waals surface area contributed by atoms with Crippen molar-refractivity contribution in [3.05, 3.63) is 141 Å². The molecule has 2 N–H and O–H groups in total. The van der Waals surface area contributed by atoms with Crippen LogP contribution in [0.4, 0.5) is 45.5 Å². The van der Waals surface area contributed by atoms with Gasteiger partial charge in [0.15, 0.2) is 0 Å². The second-order valence-electron chi connectivity index (χ2n) is 9.58. The standard InChI is InChI=1S/2C16H11N4O3.Co/c2*17-13-7-5-10-3-1-2-4-12(10)16(13)19-18-14-8-6-11(20(22)23)9-15(14)21;/h2*1-9H,(H2-,17,18,19,21);/q2*-1;+3/p-1. The molecule has 0 fully saturated rings. The molecule has 6 aromatic rings. The summed E-state index contributed by atoms with van der Waals surface area (Å²) < 4.78 is 0. The molecule has 47 heavy (non-hydrogen) atoms. The average Bonchev–Trinajstić information content (AvgIpc) is 3.05. The molecule has 6 aromatic carbocycles. The Morgan fingerprint density at radius 2 is 0.915 bits per heavy atom. The first-order valence-electron chi connectivity index (χ1n) is 13.3. The van der Waals surface area contributed by atoms with Gasteiger partial charge in [0.25, 0.3) is 11.4 Å². The van der Waals surface area contributed by atoms with Crippen molar-refractivity contribution in [2.24, 2.45) is 20.5 Å². The van der Waals surface area contributed by atoms with Crippen molar-refractivity contribution in [3.8, 4) is 11.5 Å². The van der Waals surface area contributed by atoms with Crippen LogP contribution in [0.2, 0.25) is 0 Å². The van der Waals surface area contributed by atoms with Crippen LogP contribution in [0.3, 0.4) is 0 Å². The number of nitrogens with zero attached hydrogens (tertiary/aromatic N) is 6. The van der Waals surface area contributed by atoms with Crippen molar-refractivity contribution in [1.82, 2.24) is 0 Å². The molecule has 0 saturated carbocycles. The summed E-state index contributed by atoms with van der Waals surface area (Å²) in [5.74, 6) is -1.18. The van der Waals surface area contributed by atoms with Crippen LogP contribution in [-0.4, -0.2) is 9.85 Å². The van der Waals surface area contributed by atoms with E-state index in [4.69, 9.17) is 11.5 Å². The quantitative estimate of drug-likeness (QED) is 0.0948. The largest absolute Gasteiger partial charge is 3.00 e. The van der Waals surface area contributed by atoms with E-state index in [-0.39, 0.29) is 52.3 Å². The van der Waals surface area contributed by atoms with Crippen LogP contribution < -0.4 is 10.2 Å². The van der Waals surface area contributed by atoms with Crippen molar-refractivity contribution in [2.45, 2.75) is 0 Å². The number of rotatable bonds is 6. The Morgan fingerprint density at radius 3 is 1.28 bits per heavy atom. The average molecular weight is 673 g/mol. The Labute approximate surface area is 277 Å². The number of azo groups is 2. The van der Waals surface area contributed by atoms with E-state index in [0.29, 0.717) is 11.4 Å². The zero-order valence-corrected chi connectivity index (χ0v) is 24.9. The monoisotopic (exact) mass is 672 g/mol. The maximum atomic E-state index is 11.8. The van der Waals surface area contributed by atoms with Gasteiger partial charge in [0, 0.05) is 35.0 Å². The van der Waals surface area contributed by atoms with Crippen molar-refractivity contribution < 1.29 is 38.3 Å². The summed E-state index contributed by atoms with van der Waals surface area (Å²) in [4.78, 5) is 20.0. The summed E-state index contributed by atoms with van der Waals surface area (Å²) in [5, 5.41) is 63.9. The van der Waals surface area contributed by atoms with Crippen LogP contribution in [0.15, 0.2) is 130 Å². The van der Waals surface area contributed by atoms with Crippen molar-refractivity contribution in [2.75, 3.05) is 0 Å². The molecule has 15 heteroatoms. The maximum Gasteiger partial charge on any atom is 3.00 e. The van der Waals surface area contributed by atoms with Gasteiger partial charge in [-0.25, -0.2) is 0 Å². The van der Waals surface area contributed by atoms with E-state index in [1.807, 2.05) is 60.7 Å². The zero-order chi connectivity index (χ0) is 32.8. The summed E-state index contributed by atoms with van der Waals surface area (Å²) in [6.07, 6.45) is 0. The third-order valence-electron chi connectivity index (χ3n) is 6.63. The molecule has 0 unspecified atom stereocenters. The Bertz CT molecular complexity index is 2040. The fraction of sp³-hybridized carbons (Fsp3) is 0. The third-order valence-corrected chi connectivity index (χ3v) is 6.63. The van der Waals surface area contributed by atoms with Crippen LogP contribution >= 0.6 is 0 Å². The molecule has 0 atom stereocenters. The predicted octanol–water partition coefficient (Wildman–Crippen LogP) is 9.95. The third kappa shape index (κ3) is 7.62. The first-order valence-corrected chi connectivity index (χ1v) is 13.3. The molecular weight excluding hydrogens is 651 g/mol. The minimum Gasteiger partial charge on any atom is -0.871 e. The number of non-ortho nitro benzene ring substituents is 2. The summed E-state index contributed by atoms with van der Waals surface area (Å²) in [7, 11) is 0. The van der Waals surface area contributed by atoms with Crippen molar-refractivity contribution in [1.29, 1.82) is 0 Å². The van der Waals surface area contributed by atoms with Crippen molar-refractivity contribution in [3.63, 3.8) is 0 Å². The topological polar surface area (TPSA) is 229 Å². The Balaban J connectivity index is 0.000000250. The summed E-state index contributed by atoms with van der Waals surface area (Å²) in [6, 6.07) is 28.3. The van der Waals surface area contributed by atoms with E-state index in [1.165, 1.54) is 24.3 Å². The summed E-state index contributed by atoms with van der Waals surface area (Å²) in [5.41, 5.74) is 16.3. The smallest absolute Gasteiger partial charge is 0.871 e. The van der Waals surface area contributed by atoms with Crippen molar-refractivity contribution >= 4 is 67.0 Å². The predicted molar refractivity (Wildman–Crippen MR) is 170 cm³/mol. The van der Waals surface area contributed by atoms with Gasteiger partial charge in [0.1, 0.15) is 0 Å². The molecule has 0 aliphatic heterocycles. The van der Waals surface area contributed by atoms with Crippen LogP contribution in [0.25, 0.3) is 33.0 Å². The van der Waals surface area contributed by atoms with Gasteiger partial charge < -0.3 is 21.7 Å². The SMILES string of the molecule is [Co+3].[H+].[NH-]c1ccc2ccccc2c1N=Nc1ccc([N+](=O)[O-])cc1[O-].[NH-]c1ccc2ccccc2c1N=Nc1ccc([N+](=O)[O-])cc1[O-]. The van der Waals surface area contributed by atoms with E-state index >= 15 is 0 Å². The van der Waals surface area contributed by atoms with Gasteiger partial charge in [0.05, 0.1) is 32.6 Å².